The Hall–Kier alpha value is -1.77. The van der Waals surface area contributed by atoms with Crippen LogP contribution >= 0.6 is 7.82 Å². The Morgan fingerprint density at radius 2 is 1.93 bits per heavy atom. The Bertz CT molecular complexity index is 853. The van der Waals surface area contributed by atoms with Gasteiger partial charge in [-0.3, -0.25) is 4.52 Å². The number of nitrogens with zero attached hydrogens (tertiary/aromatic N) is 1. The van der Waals surface area contributed by atoms with Gasteiger partial charge in [0.05, 0.1) is 30.6 Å². The molecule has 10 heteroatoms. The molecule has 2 aromatic rings. The molecular formula is C20H31FN3O5P. The molecule has 0 radical (unpaired) electrons. The van der Waals surface area contributed by atoms with E-state index in [0.717, 1.165) is 12.8 Å². The number of nitrogens with one attached hydrogen (secondary N) is 1. The summed E-state index contributed by atoms with van der Waals surface area (Å²) in [6, 6.07) is 4.62. The molecular weight excluding hydrogens is 412 g/mol. The van der Waals surface area contributed by atoms with Crippen LogP contribution < -0.4 is 10.5 Å². The van der Waals surface area contributed by atoms with E-state index in [9.17, 15) is 8.96 Å². The number of phosphoric acid groups is 1. The van der Waals surface area contributed by atoms with Crippen molar-refractivity contribution in [3.63, 3.8) is 0 Å². The number of hydrogen-bond acceptors (Lipinski definition) is 5. The van der Waals surface area contributed by atoms with E-state index >= 15 is 0 Å². The van der Waals surface area contributed by atoms with Gasteiger partial charge in [-0.2, -0.15) is 0 Å². The zero-order valence-electron chi connectivity index (χ0n) is 17.4. The smallest absolute Gasteiger partial charge is 0.469 e. The SMILES string of the molecule is CCCCCCCCOc1ccc(-c2cnc([C@@](C)(N)COP(=O)(O)O)[nH]2)cc1F. The summed E-state index contributed by atoms with van der Waals surface area (Å²) in [6.07, 6.45) is 8.27. The average molecular weight is 443 g/mol. The van der Waals surface area contributed by atoms with E-state index < -0.39 is 25.8 Å². The van der Waals surface area contributed by atoms with Crippen molar-refractivity contribution in [1.82, 2.24) is 9.97 Å². The molecule has 0 aliphatic heterocycles. The lowest BCUT2D eigenvalue weighted by Gasteiger charge is -2.22. The molecule has 8 nitrogen and oxygen atoms in total. The molecule has 5 N–H and O–H groups in total. The molecule has 168 valence electrons. The van der Waals surface area contributed by atoms with Gasteiger partial charge in [0.1, 0.15) is 5.82 Å². The van der Waals surface area contributed by atoms with E-state index in [1.807, 2.05) is 0 Å². The highest BCUT2D eigenvalue weighted by molar-refractivity contribution is 7.46. The van der Waals surface area contributed by atoms with Gasteiger partial charge in [0, 0.05) is 5.56 Å². The van der Waals surface area contributed by atoms with Crippen molar-refractivity contribution in [1.29, 1.82) is 0 Å². The van der Waals surface area contributed by atoms with Gasteiger partial charge in [-0.05, 0) is 31.5 Å². The van der Waals surface area contributed by atoms with Crippen molar-refractivity contribution >= 4 is 7.82 Å². The van der Waals surface area contributed by atoms with Crippen molar-refractivity contribution in [3.05, 3.63) is 36.0 Å². The van der Waals surface area contributed by atoms with Crippen molar-refractivity contribution in [3.8, 4) is 17.0 Å². The maximum Gasteiger partial charge on any atom is 0.469 e. The minimum Gasteiger partial charge on any atom is -0.491 e. The third kappa shape index (κ3) is 7.81. The molecule has 0 amide bonds. The maximum absolute atomic E-state index is 14.4. The van der Waals surface area contributed by atoms with Gasteiger partial charge in [-0.25, -0.2) is 13.9 Å². The minimum atomic E-state index is -4.65. The number of ether oxygens (including phenoxy) is 1. The molecule has 1 atom stereocenters. The third-order valence-electron chi connectivity index (χ3n) is 4.65. The zero-order chi connectivity index (χ0) is 22.2. The molecule has 0 saturated carbocycles. The molecule has 0 saturated heterocycles. The van der Waals surface area contributed by atoms with Gasteiger partial charge in [0.25, 0.3) is 0 Å². The lowest BCUT2D eigenvalue weighted by atomic mass is 10.1. The Morgan fingerprint density at radius 1 is 1.23 bits per heavy atom. The molecule has 1 heterocycles. The van der Waals surface area contributed by atoms with Gasteiger partial charge < -0.3 is 25.2 Å². The van der Waals surface area contributed by atoms with E-state index in [2.05, 4.69) is 21.4 Å². The summed E-state index contributed by atoms with van der Waals surface area (Å²) >= 11 is 0. The lowest BCUT2D eigenvalue weighted by Crippen LogP contribution is -2.39. The van der Waals surface area contributed by atoms with Gasteiger partial charge in [0.15, 0.2) is 11.6 Å². The van der Waals surface area contributed by atoms with Crippen LogP contribution in [0.2, 0.25) is 0 Å². The van der Waals surface area contributed by atoms with Crippen molar-refractivity contribution in [2.75, 3.05) is 13.2 Å². The third-order valence-corrected chi connectivity index (χ3v) is 5.11. The fourth-order valence-electron chi connectivity index (χ4n) is 2.89. The number of aromatic amines is 1. The molecule has 0 spiro atoms. The van der Waals surface area contributed by atoms with Crippen LogP contribution in [-0.4, -0.2) is 33.0 Å². The van der Waals surface area contributed by atoms with Crippen LogP contribution in [0.1, 0.15) is 58.2 Å². The lowest BCUT2D eigenvalue weighted by molar-refractivity contribution is 0.155. The highest BCUT2D eigenvalue weighted by Crippen LogP contribution is 2.37. The summed E-state index contributed by atoms with van der Waals surface area (Å²) in [6.45, 7) is 3.73. The quantitative estimate of drug-likeness (QED) is 0.269. The van der Waals surface area contributed by atoms with E-state index in [1.54, 1.807) is 12.1 Å². The summed E-state index contributed by atoms with van der Waals surface area (Å²) in [4.78, 5) is 24.8. The average Bonchev–Trinajstić information content (AvgIpc) is 3.17. The predicted molar refractivity (Wildman–Crippen MR) is 112 cm³/mol. The number of aromatic nitrogens is 2. The molecule has 1 aromatic heterocycles. The summed E-state index contributed by atoms with van der Waals surface area (Å²) in [7, 11) is -4.65. The second-order valence-electron chi connectivity index (χ2n) is 7.59. The molecule has 0 unspecified atom stereocenters. The Morgan fingerprint density at radius 3 is 2.60 bits per heavy atom. The van der Waals surface area contributed by atoms with Crippen LogP contribution in [0.25, 0.3) is 11.3 Å². The van der Waals surface area contributed by atoms with Gasteiger partial charge >= 0.3 is 7.82 Å². The number of benzene rings is 1. The molecule has 0 bridgehead atoms. The number of H-pyrrole nitrogens is 1. The fourth-order valence-corrected chi connectivity index (χ4v) is 3.33. The second-order valence-corrected chi connectivity index (χ2v) is 8.83. The van der Waals surface area contributed by atoms with Crippen LogP contribution in [0.4, 0.5) is 4.39 Å². The predicted octanol–water partition coefficient (Wildman–Crippen LogP) is 4.24. The Labute approximate surface area is 176 Å². The Balaban J connectivity index is 1.94. The topological polar surface area (TPSA) is 131 Å². The van der Waals surface area contributed by atoms with Crippen LogP contribution in [0.3, 0.4) is 0 Å². The van der Waals surface area contributed by atoms with Crippen LogP contribution in [-0.2, 0) is 14.6 Å². The van der Waals surface area contributed by atoms with Crippen molar-refractivity contribution in [2.24, 2.45) is 5.73 Å². The molecule has 1 aromatic carbocycles. The Kier molecular flexibility index (Phi) is 9.00. The highest BCUT2D eigenvalue weighted by Gasteiger charge is 2.29. The monoisotopic (exact) mass is 443 g/mol. The fraction of sp³-hybridized carbons (Fsp3) is 0.550. The maximum atomic E-state index is 14.4. The first-order valence-corrected chi connectivity index (χ1v) is 11.6. The summed E-state index contributed by atoms with van der Waals surface area (Å²) in [5.74, 6) is -0.0181. The second kappa shape index (κ2) is 11.0. The number of hydrogen-bond donors (Lipinski definition) is 4. The van der Waals surface area contributed by atoms with Crippen LogP contribution in [0, 0.1) is 5.82 Å². The molecule has 2 rings (SSSR count). The molecule has 0 aliphatic rings. The summed E-state index contributed by atoms with van der Waals surface area (Å²) < 4.78 is 35.3. The van der Waals surface area contributed by atoms with E-state index in [0.29, 0.717) is 17.9 Å². The highest BCUT2D eigenvalue weighted by atomic mass is 31.2. The number of imidazole rings is 1. The summed E-state index contributed by atoms with van der Waals surface area (Å²) in [5, 5.41) is 0. The number of nitrogens with two attached hydrogens (primary N) is 1. The normalized spacial score (nSPS) is 13.9. The van der Waals surface area contributed by atoms with Crippen molar-refractivity contribution in [2.45, 2.75) is 57.9 Å². The molecule has 0 aliphatic carbocycles. The number of phosphoric ester groups is 1. The first kappa shape index (κ1) is 24.5. The largest absolute Gasteiger partial charge is 0.491 e. The standard InChI is InChI=1S/C20H31FN3O5P/c1-3-4-5-6-7-8-11-28-18-10-9-15(12-16(18)21)17-13-23-19(24-17)20(2,22)14-29-30(25,26)27/h9-10,12-13H,3-8,11,14,22H2,1-2H3,(H,23,24)(H2,25,26,27)/t20-/m0/s1. The zero-order valence-corrected chi connectivity index (χ0v) is 18.3. The summed E-state index contributed by atoms with van der Waals surface area (Å²) in [5.41, 5.74) is 5.83. The first-order chi connectivity index (χ1) is 14.1. The van der Waals surface area contributed by atoms with Crippen LogP contribution in [0.15, 0.2) is 24.4 Å². The van der Waals surface area contributed by atoms with Crippen molar-refractivity contribution < 1.29 is 28.0 Å². The van der Waals surface area contributed by atoms with E-state index in [4.69, 9.17) is 20.3 Å². The number of halogens is 1. The first-order valence-electron chi connectivity index (χ1n) is 10.1. The van der Waals surface area contributed by atoms with Crippen LogP contribution in [0.5, 0.6) is 5.75 Å². The van der Waals surface area contributed by atoms with Gasteiger partial charge in [-0.15, -0.1) is 0 Å². The van der Waals surface area contributed by atoms with Gasteiger partial charge in [-0.1, -0.05) is 39.0 Å². The minimum absolute atomic E-state index is 0.200. The van der Waals surface area contributed by atoms with Gasteiger partial charge in [0.2, 0.25) is 0 Å². The molecule has 30 heavy (non-hydrogen) atoms. The number of rotatable bonds is 13. The van der Waals surface area contributed by atoms with E-state index in [-0.39, 0.29) is 11.6 Å². The van der Waals surface area contributed by atoms with E-state index in [1.165, 1.54) is 44.9 Å². The number of unbranched alkanes of at least 4 members (excludes halogenated alkanes) is 5. The molecule has 0 fully saturated rings.